The number of aromatic nitrogens is 1. The largest absolute Gasteiger partial charge is 0.480 e. The average molecular weight is 562 g/mol. The second-order valence-corrected chi connectivity index (χ2v) is 14.8. The van der Waals surface area contributed by atoms with Crippen LogP contribution in [0.2, 0.25) is 0 Å². The molecule has 5 fully saturated rings. The number of carbonyl (C=O) groups excluding carboxylic acids is 2. The molecule has 1 aromatic heterocycles. The van der Waals surface area contributed by atoms with Gasteiger partial charge in [0.25, 0.3) is 11.8 Å². The zero-order valence-corrected chi connectivity index (χ0v) is 24.4. The maximum Gasteiger partial charge on any atom is 0.328 e. The number of nitrogens with one attached hydrogen (secondary N) is 2. The molecule has 5 saturated carbocycles. The van der Waals surface area contributed by atoms with Crippen molar-refractivity contribution in [1.82, 2.24) is 15.8 Å². The summed E-state index contributed by atoms with van der Waals surface area (Å²) in [6.07, 6.45) is 11.9. The Morgan fingerprint density at radius 1 is 1.00 bits per heavy atom. The smallest absolute Gasteiger partial charge is 0.328 e. The molecule has 2 amide bonds. The van der Waals surface area contributed by atoms with Crippen LogP contribution in [0.3, 0.4) is 0 Å². The molecule has 5 aliphatic carbocycles. The quantitative estimate of drug-likeness (QED) is 0.362. The summed E-state index contributed by atoms with van der Waals surface area (Å²) in [5.41, 5.74) is -2.45. The molecule has 0 saturated heterocycles. The number of aliphatic carboxylic acids is 1. The van der Waals surface area contributed by atoms with E-state index in [1.165, 1.54) is 52.4 Å². The molecule has 0 spiro atoms. The number of rotatable bonds is 10. The number of thioether (sulfide) groups is 1. The van der Waals surface area contributed by atoms with E-state index in [1.807, 2.05) is 0 Å². The summed E-state index contributed by atoms with van der Waals surface area (Å²) < 4.78 is 11.7. The van der Waals surface area contributed by atoms with E-state index in [2.05, 4.69) is 15.8 Å². The van der Waals surface area contributed by atoms with E-state index in [-0.39, 0.29) is 30.2 Å². The number of carbonyl (C=O) groups is 3. The van der Waals surface area contributed by atoms with Gasteiger partial charge in [-0.15, -0.1) is 11.8 Å². The second-order valence-electron chi connectivity index (χ2n) is 13.5. The van der Waals surface area contributed by atoms with Crippen molar-refractivity contribution in [2.24, 2.45) is 29.1 Å². The molecule has 0 radical (unpaired) electrons. The van der Waals surface area contributed by atoms with Gasteiger partial charge in [0.15, 0.2) is 0 Å². The molecular formula is C29H43N3O6S. The van der Waals surface area contributed by atoms with Crippen molar-refractivity contribution in [1.29, 1.82) is 0 Å². The Labute approximate surface area is 234 Å². The van der Waals surface area contributed by atoms with Crippen LogP contribution >= 0.6 is 11.8 Å². The highest BCUT2D eigenvalue weighted by Gasteiger charge is 2.49. The van der Waals surface area contributed by atoms with Gasteiger partial charge in [-0.05, 0) is 101 Å². The van der Waals surface area contributed by atoms with Crippen molar-refractivity contribution in [3.63, 3.8) is 0 Å². The van der Waals surface area contributed by atoms with E-state index in [0.717, 1.165) is 37.5 Å². The first-order chi connectivity index (χ1) is 18.4. The van der Waals surface area contributed by atoms with Crippen LogP contribution in [0.1, 0.15) is 102 Å². The summed E-state index contributed by atoms with van der Waals surface area (Å²) in [6, 6.07) is 0.188. The Kier molecular flexibility index (Phi) is 7.97. The van der Waals surface area contributed by atoms with Gasteiger partial charge in [0.2, 0.25) is 11.7 Å². The summed E-state index contributed by atoms with van der Waals surface area (Å²) in [6.45, 7) is 6.21. The Hall–Kier alpha value is -2.23. The van der Waals surface area contributed by atoms with Gasteiger partial charge in [-0.1, -0.05) is 19.3 Å². The molecule has 10 heteroatoms. The molecule has 4 bridgehead atoms. The number of hydrogen-bond donors (Lipinski definition) is 3. The minimum absolute atomic E-state index is 0.0457. The molecule has 216 valence electrons. The number of carboxylic acids is 1. The molecule has 0 aliphatic heterocycles. The van der Waals surface area contributed by atoms with E-state index in [0.29, 0.717) is 22.0 Å². The third kappa shape index (κ3) is 6.10. The highest BCUT2D eigenvalue weighted by Crippen LogP contribution is 2.54. The molecule has 3 N–H and O–H groups in total. The molecule has 0 unspecified atom stereocenters. The minimum Gasteiger partial charge on any atom is -0.480 e. The Balaban J connectivity index is 1.30. The van der Waals surface area contributed by atoms with Gasteiger partial charge < -0.3 is 25.0 Å². The Bertz CT molecular complexity index is 1060. The first-order valence-electron chi connectivity index (χ1n) is 14.6. The van der Waals surface area contributed by atoms with Gasteiger partial charge in [-0.25, -0.2) is 4.79 Å². The van der Waals surface area contributed by atoms with Crippen molar-refractivity contribution < 1.29 is 28.8 Å². The SMILES string of the molecule is CC(C)(COc1noc(C(=O)NC2C3CC4CC(C3)CC2C4)c1SC1CCCCC1)C(=O)NC(C)(C)C(=O)O. The first-order valence-corrected chi connectivity index (χ1v) is 15.5. The number of nitrogens with zero attached hydrogens (tertiary/aromatic N) is 1. The lowest BCUT2D eigenvalue weighted by molar-refractivity contribution is -0.148. The normalized spacial score (nSPS) is 28.8. The molecular weight excluding hydrogens is 518 g/mol. The fraction of sp³-hybridized carbons (Fsp3) is 0.793. The lowest BCUT2D eigenvalue weighted by Gasteiger charge is -2.54. The maximum absolute atomic E-state index is 13.6. The van der Waals surface area contributed by atoms with Gasteiger partial charge >= 0.3 is 5.97 Å². The zero-order chi connectivity index (χ0) is 27.9. The van der Waals surface area contributed by atoms with Crippen molar-refractivity contribution in [3.8, 4) is 5.88 Å². The third-order valence-corrected chi connectivity index (χ3v) is 10.7. The fourth-order valence-corrected chi connectivity index (χ4v) is 8.49. The van der Waals surface area contributed by atoms with Crippen LogP contribution in [0, 0.1) is 29.1 Å². The molecule has 39 heavy (non-hydrogen) atoms. The van der Waals surface area contributed by atoms with Gasteiger partial charge in [-0.2, -0.15) is 0 Å². The molecule has 0 aromatic carbocycles. The molecule has 1 aromatic rings. The van der Waals surface area contributed by atoms with Crippen molar-refractivity contribution >= 4 is 29.5 Å². The first kappa shape index (κ1) is 28.3. The number of amides is 2. The molecule has 5 aliphatic rings. The predicted octanol–water partition coefficient (Wildman–Crippen LogP) is 5.04. The maximum atomic E-state index is 13.6. The van der Waals surface area contributed by atoms with Gasteiger partial charge in [0.05, 0.1) is 5.41 Å². The van der Waals surface area contributed by atoms with Gasteiger partial charge in [0.1, 0.15) is 17.0 Å². The lowest BCUT2D eigenvalue weighted by atomic mass is 9.54. The molecule has 6 rings (SSSR count). The fourth-order valence-electron chi connectivity index (χ4n) is 7.16. The van der Waals surface area contributed by atoms with Crippen LogP contribution in [0.15, 0.2) is 9.42 Å². The average Bonchev–Trinajstić information content (AvgIpc) is 3.27. The second kappa shape index (κ2) is 11.0. The van der Waals surface area contributed by atoms with Crippen LogP contribution in [0.5, 0.6) is 5.88 Å². The van der Waals surface area contributed by atoms with Crippen molar-refractivity contribution in [2.45, 2.75) is 114 Å². The minimum atomic E-state index is -1.41. The highest BCUT2D eigenvalue weighted by atomic mass is 32.2. The molecule has 1 heterocycles. The van der Waals surface area contributed by atoms with E-state index in [9.17, 15) is 19.5 Å². The van der Waals surface area contributed by atoms with Crippen LogP contribution < -0.4 is 15.4 Å². The summed E-state index contributed by atoms with van der Waals surface area (Å²) >= 11 is 1.60. The van der Waals surface area contributed by atoms with E-state index < -0.39 is 22.8 Å². The zero-order valence-electron chi connectivity index (χ0n) is 23.6. The summed E-state index contributed by atoms with van der Waals surface area (Å²) in [5.74, 6) is 1.37. The summed E-state index contributed by atoms with van der Waals surface area (Å²) in [7, 11) is 0. The van der Waals surface area contributed by atoms with Crippen molar-refractivity contribution in [3.05, 3.63) is 5.76 Å². The molecule has 0 atom stereocenters. The van der Waals surface area contributed by atoms with Gasteiger partial charge in [-0.3, -0.25) is 9.59 Å². The van der Waals surface area contributed by atoms with Gasteiger partial charge in [0, 0.05) is 11.3 Å². The van der Waals surface area contributed by atoms with E-state index >= 15 is 0 Å². The van der Waals surface area contributed by atoms with Crippen molar-refractivity contribution in [2.75, 3.05) is 6.61 Å². The summed E-state index contributed by atoms with van der Waals surface area (Å²) in [5, 5.41) is 19.8. The Morgan fingerprint density at radius 2 is 1.62 bits per heavy atom. The predicted molar refractivity (Wildman–Crippen MR) is 147 cm³/mol. The van der Waals surface area contributed by atoms with Crippen LogP contribution in [-0.2, 0) is 9.59 Å². The standard InChI is InChI=1S/C29H43N3O6S/c1-28(2,26(34)31-29(3,4)27(35)36)15-37-25-23(39-20-8-6-5-7-9-20)22(38-32-25)24(33)30-21-18-11-16-10-17(13-18)14-19(21)12-16/h16-21H,5-15H2,1-4H3,(H,30,33)(H,31,34)(H,35,36). The highest BCUT2D eigenvalue weighted by molar-refractivity contribution is 8.00. The third-order valence-electron chi connectivity index (χ3n) is 9.33. The van der Waals surface area contributed by atoms with E-state index in [4.69, 9.17) is 9.26 Å². The number of ether oxygens (including phenoxy) is 1. The summed E-state index contributed by atoms with van der Waals surface area (Å²) in [4.78, 5) is 38.6. The molecule has 9 nitrogen and oxygen atoms in total. The van der Waals surface area contributed by atoms with E-state index in [1.54, 1.807) is 25.6 Å². The van der Waals surface area contributed by atoms with Crippen LogP contribution in [0.4, 0.5) is 0 Å². The monoisotopic (exact) mass is 561 g/mol. The van der Waals surface area contributed by atoms with Crippen LogP contribution in [0.25, 0.3) is 0 Å². The number of hydrogen-bond acceptors (Lipinski definition) is 7. The number of carboxylic acid groups (broad SMARTS) is 1. The lowest BCUT2D eigenvalue weighted by Crippen LogP contribution is -2.55. The topological polar surface area (TPSA) is 131 Å². The Morgan fingerprint density at radius 3 is 2.21 bits per heavy atom. The van der Waals surface area contributed by atoms with Crippen LogP contribution in [-0.4, -0.2) is 51.5 Å².